The SMILES string of the molecule is CC(=O)N[C@H]1[C@@H](OC(=N)C(Cl)(Cl)Cl)O[C@@H]2COC(c3ccccc3)O[C@@H]2[C@@H]1OC(C)=O. The van der Waals surface area contributed by atoms with Gasteiger partial charge in [0, 0.05) is 19.4 Å². The fourth-order valence-corrected chi connectivity index (χ4v) is 3.49. The first-order valence-electron chi connectivity index (χ1n) is 9.30. The Labute approximate surface area is 193 Å². The zero-order valence-electron chi connectivity index (χ0n) is 16.5. The quantitative estimate of drug-likeness (QED) is 0.285. The topological polar surface area (TPSA) is 116 Å². The van der Waals surface area contributed by atoms with Crippen LogP contribution in [0, 0.1) is 5.41 Å². The molecule has 12 heteroatoms. The number of nitrogens with one attached hydrogen (secondary N) is 2. The molecule has 3 rings (SSSR count). The van der Waals surface area contributed by atoms with Gasteiger partial charge in [-0.05, 0) is 0 Å². The van der Waals surface area contributed by atoms with E-state index in [0.717, 1.165) is 5.56 Å². The summed E-state index contributed by atoms with van der Waals surface area (Å²) in [5, 5.41) is 10.5. The molecule has 1 aromatic carbocycles. The molecular formula is C19H21Cl3N2O7. The van der Waals surface area contributed by atoms with Crippen LogP contribution in [0.25, 0.3) is 0 Å². The van der Waals surface area contributed by atoms with Gasteiger partial charge in [0.15, 0.2) is 12.4 Å². The fraction of sp³-hybridized carbons (Fsp3) is 0.526. The third kappa shape index (κ3) is 6.00. The number of ether oxygens (including phenoxy) is 5. The van der Waals surface area contributed by atoms with Crippen LogP contribution in [-0.4, -0.2) is 58.8 Å². The third-order valence-electron chi connectivity index (χ3n) is 4.57. The second-order valence-electron chi connectivity index (χ2n) is 6.96. The van der Waals surface area contributed by atoms with E-state index in [1.54, 1.807) is 0 Å². The Kier molecular flexibility index (Phi) is 7.67. The largest absolute Gasteiger partial charge is 0.457 e. The number of fused-ring (bicyclic) bond motifs is 1. The summed E-state index contributed by atoms with van der Waals surface area (Å²) in [6.45, 7) is 2.56. The highest BCUT2D eigenvalue weighted by Gasteiger charge is 2.54. The summed E-state index contributed by atoms with van der Waals surface area (Å²) in [4.78, 5) is 23.7. The highest BCUT2D eigenvalue weighted by molar-refractivity contribution is 6.76. The number of halogens is 3. The molecule has 2 aliphatic rings. The van der Waals surface area contributed by atoms with Crippen molar-refractivity contribution in [3.8, 4) is 0 Å². The summed E-state index contributed by atoms with van der Waals surface area (Å²) in [5.41, 5.74) is 0.759. The van der Waals surface area contributed by atoms with Crippen molar-refractivity contribution in [1.29, 1.82) is 5.41 Å². The summed E-state index contributed by atoms with van der Waals surface area (Å²) >= 11 is 17.1. The predicted molar refractivity (Wildman–Crippen MR) is 111 cm³/mol. The molecule has 0 aliphatic carbocycles. The summed E-state index contributed by atoms with van der Waals surface area (Å²) in [7, 11) is 0. The molecule has 170 valence electrons. The second kappa shape index (κ2) is 9.89. The maximum absolute atomic E-state index is 11.9. The van der Waals surface area contributed by atoms with Gasteiger partial charge in [0.1, 0.15) is 18.2 Å². The summed E-state index contributed by atoms with van der Waals surface area (Å²) in [6.07, 6.45) is -4.62. The molecule has 1 aromatic rings. The minimum Gasteiger partial charge on any atom is -0.457 e. The number of alkyl halides is 3. The predicted octanol–water partition coefficient (Wildman–Crippen LogP) is 2.63. The van der Waals surface area contributed by atoms with Crippen LogP contribution in [0.2, 0.25) is 0 Å². The number of carbonyl (C=O) groups excluding carboxylic acids is 2. The Morgan fingerprint density at radius 1 is 1.13 bits per heavy atom. The molecule has 2 aliphatic heterocycles. The standard InChI is InChI=1S/C19H21Cl3N2O7/c1-9(25)24-13-15(28-10(2)26)14-12(29-17(13)31-18(23)19(20,21)22)8-27-16(30-14)11-6-4-3-5-7-11/h3-7,12-17,23H,8H2,1-2H3,(H,24,25)/t12-,13-,14+,15-,16?,17-/m1/s1. The normalized spacial score (nSPS) is 30.6. The van der Waals surface area contributed by atoms with Crippen molar-refractivity contribution in [3.05, 3.63) is 35.9 Å². The maximum atomic E-state index is 11.9. The van der Waals surface area contributed by atoms with Gasteiger partial charge in [-0.2, -0.15) is 0 Å². The van der Waals surface area contributed by atoms with E-state index in [0.29, 0.717) is 0 Å². The average Bonchev–Trinajstić information content (AvgIpc) is 2.69. The molecule has 0 spiro atoms. The molecule has 1 amide bonds. The van der Waals surface area contributed by atoms with Crippen LogP contribution in [-0.2, 0) is 33.3 Å². The van der Waals surface area contributed by atoms with Crippen molar-refractivity contribution in [2.45, 2.75) is 54.6 Å². The van der Waals surface area contributed by atoms with Gasteiger partial charge in [0.05, 0.1) is 6.61 Å². The van der Waals surface area contributed by atoms with Gasteiger partial charge in [0.25, 0.3) is 3.79 Å². The molecule has 0 radical (unpaired) electrons. The molecule has 1 unspecified atom stereocenters. The number of hydrogen-bond acceptors (Lipinski definition) is 8. The molecular weight excluding hydrogens is 475 g/mol. The molecule has 31 heavy (non-hydrogen) atoms. The van der Waals surface area contributed by atoms with Gasteiger partial charge in [0.2, 0.25) is 18.1 Å². The zero-order valence-corrected chi connectivity index (χ0v) is 18.8. The minimum atomic E-state index is -2.16. The number of hydrogen-bond donors (Lipinski definition) is 2. The highest BCUT2D eigenvalue weighted by atomic mass is 35.6. The summed E-state index contributed by atoms with van der Waals surface area (Å²) in [6, 6.07) is 8.13. The number of carbonyl (C=O) groups is 2. The second-order valence-corrected chi connectivity index (χ2v) is 9.25. The summed E-state index contributed by atoms with van der Waals surface area (Å²) < 4.78 is 26.4. The van der Waals surface area contributed by atoms with Crippen molar-refractivity contribution in [1.82, 2.24) is 5.32 Å². The minimum absolute atomic E-state index is 0.0652. The van der Waals surface area contributed by atoms with Crippen LogP contribution in [0.15, 0.2) is 30.3 Å². The van der Waals surface area contributed by atoms with Gasteiger partial charge in [-0.15, -0.1) is 0 Å². The number of esters is 1. The molecule has 0 aromatic heterocycles. The van der Waals surface area contributed by atoms with E-state index in [-0.39, 0.29) is 6.61 Å². The van der Waals surface area contributed by atoms with Gasteiger partial charge in [-0.3, -0.25) is 15.0 Å². The van der Waals surface area contributed by atoms with E-state index < -0.39 is 58.5 Å². The van der Waals surface area contributed by atoms with Gasteiger partial charge >= 0.3 is 5.97 Å². The smallest absolute Gasteiger partial charge is 0.303 e. The Hall–Kier alpha value is -1.62. The Bertz CT molecular complexity index is 820. The van der Waals surface area contributed by atoms with E-state index in [2.05, 4.69) is 5.32 Å². The molecule has 2 heterocycles. The van der Waals surface area contributed by atoms with Crippen LogP contribution in [0.4, 0.5) is 0 Å². The van der Waals surface area contributed by atoms with Crippen LogP contribution in [0.3, 0.4) is 0 Å². The lowest BCUT2D eigenvalue weighted by molar-refractivity contribution is -0.336. The van der Waals surface area contributed by atoms with Crippen LogP contribution in [0.1, 0.15) is 25.7 Å². The van der Waals surface area contributed by atoms with Gasteiger partial charge < -0.3 is 29.0 Å². The Balaban J connectivity index is 1.89. The zero-order chi connectivity index (χ0) is 22.8. The lowest BCUT2D eigenvalue weighted by atomic mass is 9.95. The highest BCUT2D eigenvalue weighted by Crippen LogP contribution is 2.37. The third-order valence-corrected chi connectivity index (χ3v) is 5.09. The molecule has 2 fully saturated rings. The van der Waals surface area contributed by atoms with Crippen LogP contribution in [0.5, 0.6) is 0 Å². The lowest BCUT2D eigenvalue weighted by Gasteiger charge is -2.48. The van der Waals surface area contributed by atoms with Gasteiger partial charge in [-0.25, -0.2) is 0 Å². The van der Waals surface area contributed by atoms with Crippen molar-refractivity contribution >= 4 is 52.6 Å². The monoisotopic (exact) mass is 494 g/mol. The Morgan fingerprint density at radius 3 is 2.39 bits per heavy atom. The molecule has 0 saturated carbocycles. The van der Waals surface area contributed by atoms with Crippen molar-refractivity contribution in [2.75, 3.05) is 6.61 Å². The molecule has 0 bridgehead atoms. The molecule has 6 atom stereocenters. The lowest BCUT2D eigenvalue weighted by Crippen LogP contribution is -2.68. The van der Waals surface area contributed by atoms with E-state index in [4.69, 9.17) is 63.9 Å². The maximum Gasteiger partial charge on any atom is 0.303 e. The molecule has 2 N–H and O–H groups in total. The number of amides is 1. The van der Waals surface area contributed by atoms with Gasteiger partial charge in [-0.1, -0.05) is 65.1 Å². The van der Waals surface area contributed by atoms with Crippen molar-refractivity contribution in [2.24, 2.45) is 0 Å². The first kappa shape index (κ1) is 24.0. The first-order valence-corrected chi connectivity index (χ1v) is 10.4. The van der Waals surface area contributed by atoms with E-state index in [9.17, 15) is 9.59 Å². The first-order chi connectivity index (χ1) is 14.6. The van der Waals surface area contributed by atoms with Crippen LogP contribution >= 0.6 is 34.8 Å². The van der Waals surface area contributed by atoms with Crippen molar-refractivity contribution in [3.63, 3.8) is 0 Å². The molecule has 2 saturated heterocycles. The van der Waals surface area contributed by atoms with E-state index in [1.807, 2.05) is 30.3 Å². The van der Waals surface area contributed by atoms with E-state index >= 15 is 0 Å². The number of rotatable bonds is 4. The van der Waals surface area contributed by atoms with Crippen molar-refractivity contribution < 1.29 is 33.3 Å². The van der Waals surface area contributed by atoms with Crippen LogP contribution < -0.4 is 5.32 Å². The summed E-state index contributed by atoms with van der Waals surface area (Å²) in [5.74, 6) is -1.79. The number of benzene rings is 1. The molecule has 9 nitrogen and oxygen atoms in total. The van der Waals surface area contributed by atoms with E-state index in [1.165, 1.54) is 13.8 Å². The average molecular weight is 496 g/mol. The Morgan fingerprint density at radius 2 is 1.81 bits per heavy atom. The fourth-order valence-electron chi connectivity index (χ4n) is 3.35.